The number of amides is 1. The highest BCUT2D eigenvalue weighted by Gasteiger charge is 2.15. The molecule has 0 saturated heterocycles. The lowest BCUT2D eigenvalue weighted by Crippen LogP contribution is -2.38. The fourth-order valence-corrected chi connectivity index (χ4v) is 0.718. The van der Waals surface area contributed by atoms with Crippen LogP contribution in [-0.4, -0.2) is 33.2 Å². The average molecular weight is 183 g/mol. The van der Waals surface area contributed by atoms with Crippen LogP contribution in [0.2, 0.25) is 0 Å². The Kier molecular flexibility index (Phi) is 2.63. The lowest BCUT2D eigenvalue weighted by atomic mass is 10.3. The Labute approximate surface area is 74.0 Å². The number of carbonyl (C=O) groups excluding carboxylic acids is 1. The molecule has 0 saturated carbocycles. The lowest BCUT2D eigenvalue weighted by molar-refractivity contribution is -0.138. The van der Waals surface area contributed by atoms with Crippen molar-refractivity contribution in [2.24, 2.45) is 0 Å². The summed E-state index contributed by atoms with van der Waals surface area (Å²) < 4.78 is 0. The van der Waals surface area contributed by atoms with Crippen LogP contribution in [0.25, 0.3) is 0 Å². The van der Waals surface area contributed by atoms with Gasteiger partial charge in [0.15, 0.2) is 0 Å². The highest BCUT2D eigenvalue weighted by molar-refractivity contribution is 5.94. The molecule has 0 aliphatic heterocycles. The molecule has 1 aromatic rings. The van der Waals surface area contributed by atoms with Gasteiger partial charge in [-0.2, -0.15) is 5.10 Å². The summed E-state index contributed by atoms with van der Waals surface area (Å²) in [5.41, 5.74) is 0.244. The summed E-state index contributed by atoms with van der Waals surface area (Å²) in [4.78, 5) is 21.5. The van der Waals surface area contributed by atoms with Gasteiger partial charge in [-0.3, -0.25) is 14.7 Å². The molecule has 0 aliphatic carbocycles. The van der Waals surface area contributed by atoms with Crippen molar-refractivity contribution < 1.29 is 14.7 Å². The molecular weight excluding hydrogens is 174 g/mol. The highest BCUT2D eigenvalue weighted by Crippen LogP contribution is 1.92. The number of hydrogen-bond acceptors (Lipinski definition) is 3. The second-order valence-electron chi connectivity index (χ2n) is 2.50. The van der Waals surface area contributed by atoms with Crippen LogP contribution < -0.4 is 5.32 Å². The van der Waals surface area contributed by atoms with E-state index in [9.17, 15) is 9.59 Å². The largest absolute Gasteiger partial charge is 0.480 e. The first-order valence-electron chi connectivity index (χ1n) is 3.64. The minimum Gasteiger partial charge on any atom is -0.480 e. The zero-order valence-corrected chi connectivity index (χ0v) is 6.94. The van der Waals surface area contributed by atoms with Gasteiger partial charge >= 0.3 is 5.97 Å². The molecule has 0 bridgehead atoms. The first-order valence-corrected chi connectivity index (χ1v) is 3.64. The summed E-state index contributed by atoms with van der Waals surface area (Å²) in [6.07, 6.45) is 1.42. The Hall–Kier alpha value is -1.85. The van der Waals surface area contributed by atoms with Crippen LogP contribution in [0.15, 0.2) is 12.3 Å². The molecule has 0 unspecified atom stereocenters. The summed E-state index contributed by atoms with van der Waals surface area (Å²) >= 11 is 0. The van der Waals surface area contributed by atoms with E-state index in [4.69, 9.17) is 5.11 Å². The van der Waals surface area contributed by atoms with Crippen molar-refractivity contribution in [2.75, 3.05) is 0 Å². The number of carbonyl (C=O) groups is 2. The van der Waals surface area contributed by atoms with Gasteiger partial charge in [0, 0.05) is 6.20 Å². The van der Waals surface area contributed by atoms with Crippen LogP contribution in [0.5, 0.6) is 0 Å². The number of carboxylic acids is 1. The van der Waals surface area contributed by atoms with E-state index >= 15 is 0 Å². The van der Waals surface area contributed by atoms with Gasteiger partial charge in [-0.15, -0.1) is 0 Å². The minimum absolute atomic E-state index is 0.244. The van der Waals surface area contributed by atoms with Crippen LogP contribution in [0, 0.1) is 0 Å². The van der Waals surface area contributed by atoms with Crippen molar-refractivity contribution in [3.63, 3.8) is 0 Å². The topological polar surface area (TPSA) is 95.1 Å². The Morgan fingerprint density at radius 2 is 2.38 bits per heavy atom. The molecule has 0 fully saturated rings. The Morgan fingerprint density at radius 3 is 2.85 bits per heavy atom. The van der Waals surface area contributed by atoms with Gasteiger partial charge in [0.25, 0.3) is 5.91 Å². The fourth-order valence-electron chi connectivity index (χ4n) is 0.718. The molecule has 6 nitrogen and oxygen atoms in total. The number of carboxylic acid groups (broad SMARTS) is 1. The minimum atomic E-state index is -1.08. The van der Waals surface area contributed by atoms with Crippen LogP contribution >= 0.6 is 0 Å². The van der Waals surface area contributed by atoms with E-state index < -0.39 is 17.9 Å². The lowest BCUT2D eigenvalue weighted by Gasteiger charge is -2.06. The number of aromatic amines is 1. The van der Waals surface area contributed by atoms with Crippen molar-refractivity contribution in [2.45, 2.75) is 13.0 Å². The molecule has 1 aromatic heterocycles. The number of hydrogen-bond donors (Lipinski definition) is 3. The second kappa shape index (κ2) is 3.70. The van der Waals surface area contributed by atoms with Gasteiger partial charge in [0.2, 0.25) is 0 Å². The molecule has 0 aromatic carbocycles. The first-order chi connectivity index (χ1) is 6.11. The standard InChI is InChI=1S/C7H9N3O3/c1-4(7(12)13)9-6(11)5-2-3-8-10-5/h2-4H,1H3,(H,8,10)(H,9,11)(H,12,13)/t4-/m1/s1. The SMILES string of the molecule is C[C@@H](NC(=O)c1ccn[nH]1)C(=O)O. The number of nitrogens with zero attached hydrogens (tertiary/aromatic N) is 1. The average Bonchev–Trinajstić information content (AvgIpc) is 2.55. The molecule has 0 spiro atoms. The zero-order valence-electron chi connectivity index (χ0n) is 6.94. The van der Waals surface area contributed by atoms with Crippen LogP contribution in [0.3, 0.4) is 0 Å². The van der Waals surface area contributed by atoms with E-state index in [1.807, 2.05) is 0 Å². The van der Waals surface area contributed by atoms with E-state index in [-0.39, 0.29) is 5.69 Å². The fraction of sp³-hybridized carbons (Fsp3) is 0.286. The number of aliphatic carboxylic acids is 1. The third-order valence-electron chi connectivity index (χ3n) is 1.46. The van der Waals surface area contributed by atoms with Crippen molar-refractivity contribution in [1.29, 1.82) is 0 Å². The maximum absolute atomic E-state index is 11.2. The van der Waals surface area contributed by atoms with Crippen molar-refractivity contribution in [3.05, 3.63) is 18.0 Å². The van der Waals surface area contributed by atoms with Gasteiger partial charge in [-0.05, 0) is 13.0 Å². The molecule has 1 atom stereocenters. The predicted molar refractivity (Wildman–Crippen MR) is 43.2 cm³/mol. The molecule has 3 N–H and O–H groups in total. The summed E-state index contributed by atoms with van der Waals surface area (Å²) in [6.45, 7) is 1.39. The molecule has 70 valence electrons. The van der Waals surface area contributed by atoms with Gasteiger partial charge < -0.3 is 10.4 Å². The van der Waals surface area contributed by atoms with Crippen molar-refractivity contribution in [3.8, 4) is 0 Å². The molecule has 13 heavy (non-hydrogen) atoms. The summed E-state index contributed by atoms with van der Waals surface area (Å²) in [5.74, 6) is -1.56. The number of aromatic nitrogens is 2. The molecule has 6 heteroatoms. The quantitative estimate of drug-likeness (QED) is 0.594. The third-order valence-corrected chi connectivity index (χ3v) is 1.46. The van der Waals surface area contributed by atoms with E-state index in [1.165, 1.54) is 19.2 Å². The Bertz CT molecular complexity index is 307. The Morgan fingerprint density at radius 1 is 1.69 bits per heavy atom. The van der Waals surface area contributed by atoms with Gasteiger partial charge in [0.05, 0.1) is 0 Å². The third kappa shape index (κ3) is 2.29. The van der Waals surface area contributed by atoms with Crippen LogP contribution in [0.4, 0.5) is 0 Å². The molecule has 1 heterocycles. The molecule has 1 amide bonds. The maximum Gasteiger partial charge on any atom is 0.325 e. The van der Waals surface area contributed by atoms with E-state index in [0.717, 1.165) is 0 Å². The van der Waals surface area contributed by atoms with E-state index in [2.05, 4.69) is 15.5 Å². The van der Waals surface area contributed by atoms with Crippen LogP contribution in [0.1, 0.15) is 17.4 Å². The predicted octanol–water partition coefficient (Wildman–Crippen LogP) is -0.387. The smallest absolute Gasteiger partial charge is 0.325 e. The number of nitrogens with one attached hydrogen (secondary N) is 2. The van der Waals surface area contributed by atoms with Crippen molar-refractivity contribution >= 4 is 11.9 Å². The van der Waals surface area contributed by atoms with E-state index in [1.54, 1.807) is 0 Å². The summed E-state index contributed by atoms with van der Waals surface area (Å²) in [6, 6.07) is 0.556. The molecule has 0 aliphatic rings. The highest BCUT2D eigenvalue weighted by atomic mass is 16.4. The number of rotatable bonds is 3. The Balaban J connectivity index is 2.56. The number of H-pyrrole nitrogens is 1. The van der Waals surface area contributed by atoms with Gasteiger partial charge in [-0.1, -0.05) is 0 Å². The first kappa shape index (κ1) is 9.24. The summed E-state index contributed by atoms with van der Waals surface area (Å²) in [5, 5.41) is 16.7. The summed E-state index contributed by atoms with van der Waals surface area (Å²) in [7, 11) is 0. The molecule has 1 rings (SSSR count). The maximum atomic E-state index is 11.2. The van der Waals surface area contributed by atoms with Gasteiger partial charge in [0.1, 0.15) is 11.7 Å². The molecular formula is C7H9N3O3. The monoisotopic (exact) mass is 183 g/mol. The van der Waals surface area contributed by atoms with Crippen molar-refractivity contribution in [1.82, 2.24) is 15.5 Å². The normalized spacial score (nSPS) is 12.1. The van der Waals surface area contributed by atoms with Crippen LogP contribution in [-0.2, 0) is 4.79 Å². The van der Waals surface area contributed by atoms with E-state index in [0.29, 0.717) is 0 Å². The molecule has 0 radical (unpaired) electrons. The second-order valence-corrected chi connectivity index (χ2v) is 2.50. The van der Waals surface area contributed by atoms with Gasteiger partial charge in [-0.25, -0.2) is 0 Å². The zero-order chi connectivity index (χ0) is 9.84.